The maximum absolute atomic E-state index is 14.0. The Morgan fingerprint density at radius 1 is 1.33 bits per heavy atom. The predicted molar refractivity (Wildman–Crippen MR) is 146 cm³/mol. The van der Waals surface area contributed by atoms with E-state index in [1.165, 1.54) is 29.2 Å². The molecule has 0 aromatic heterocycles. The minimum atomic E-state index is -3.63. The molecule has 0 fully saturated rings. The topological polar surface area (TPSA) is 151 Å². The van der Waals surface area contributed by atoms with Gasteiger partial charge in [-0.15, -0.1) is 4.52 Å². The Labute approximate surface area is 227 Å². The fourth-order valence-corrected chi connectivity index (χ4v) is 5.87. The summed E-state index contributed by atoms with van der Waals surface area (Å²) in [4.78, 5) is 19.1. The Balaban J connectivity index is 2.04. The van der Waals surface area contributed by atoms with Crippen LogP contribution in [0, 0.1) is 5.41 Å². The van der Waals surface area contributed by atoms with Crippen LogP contribution in [0.3, 0.4) is 0 Å². The summed E-state index contributed by atoms with van der Waals surface area (Å²) >= 11 is 0. The molecule has 14 heteroatoms. The smallest absolute Gasteiger partial charge is 0.509 e. The minimum absolute atomic E-state index is 0.0216. The lowest BCUT2D eigenvalue weighted by molar-refractivity contribution is -0.127. The number of alkyl halides is 1. The van der Waals surface area contributed by atoms with E-state index in [0.29, 0.717) is 5.57 Å². The molecule has 1 aromatic rings. The summed E-state index contributed by atoms with van der Waals surface area (Å²) in [5.74, 6) is -2.26. The quantitative estimate of drug-likeness (QED) is 0.225. The Hall–Kier alpha value is -3.15. The standard InChI is InChI=1S/C25H31F2N4O6PS/c1-6-37-38(34)19-12-15(30-39(5,35)36)8-10-18(19)29-23(28)20-21(32)22(25(2,3)4)31(24(20)33)13-14-7-9-16(26)17(27)11-14/h7-10,12,17,22,30H,6,11,13H2,1-5H3,(H2-,28,29,32,33,34)/p+1. The first-order valence-electron chi connectivity index (χ1n) is 12.0. The molecule has 0 saturated heterocycles. The number of hydrogen-bond donors (Lipinski definition) is 3. The number of sulfonamides is 1. The average Bonchev–Trinajstić information content (AvgIpc) is 3.05. The number of benzene rings is 1. The SMILES string of the molecule is CCO[P+](=O)c1cc(NS(C)(=O)=O)ccc1N=C(N)C1=C(O)C(C(C)(C)C)N(CC2=CC=C(F)C(F)C2)C1=O. The highest BCUT2D eigenvalue weighted by molar-refractivity contribution is 7.92. The first-order chi connectivity index (χ1) is 18.0. The number of aliphatic hydroxyl groups excluding tert-OH is 1. The first-order valence-corrected chi connectivity index (χ1v) is 15.1. The van der Waals surface area contributed by atoms with E-state index in [0.717, 1.165) is 12.3 Å². The van der Waals surface area contributed by atoms with Gasteiger partial charge in [-0.2, -0.15) is 0 Å². The zero-order valence-corrected chi connectivity index (χ0v) is 23.9. The van der Waals surface area contributed by atoms with Gasteiger partial charge < -0.3 is 15.7 Å². The van der Waals surface area contributed by atoms with Gasteiger partial charge in [-0.3, -0.25) is 9.52 Å². The third kappa shape index (κ3) is 7.09. The molecule has 4 N–H and O–H groups in total. The number of nitrogens with two attached hydrogens (primary N) is 1. The Bertz CT molecular complexity index is 1420. The van der Waals surface area contributed by atoms with Crippen molar-refractivity contribution in [3.05, 3.63) is 53.1 Å². The Kier molecular flexibility index (Phi) is 8.99. The summed E-state index contributed by atoms with van der Waals surface area (Å²) < 4.78 is 71.0. The largest absolute Gasteiger partial charge is 0.551 e. The number of allylic oxidation sites excluding steroid dienone is 3. The molecule has 3 unspecified atom stereocenters. The van der Waals surface area contributed by atoms with Crippen LogP contribution in [0.15, 0.2) is 58.1 Å². The number of carbonyl (C=O) groups is 1. The Morgan fingerprint density at radius 3 is 2.56 bits per heavy atom. The van der Waals surface area contributed by atoms with Gasteiger partial charge in [0.1, 0.15) is 35.3 Å². The molecule has 39 heavy (non-hydrogen) atoms. The van der Waals surface area contributed by atoms with Crippen molar-refractivity contribution in [2.24, 2.45) is 16.1 Å². The molecular formula is C25H32F2N4O6PS+. The molecule has 1 aliphatic heterocycles. The number of rotatable bonds is 9. The zero-order valence-electron chi connectivity index (χ0n) is 22.2. The molecule has 2 aliphatic rings. The van der Waals surface area contributed by atoms with E-state index in [-0.39, 0.29) is 53.4 Å². The van der Waals surface area contributed by atoms with Crippen LogP contribution in [0.2, 0.25) is 0 Å². The molecule has 0 bridgehead atoms. The highest BCUT2D eigenvalue weighted by Crippen LogP contribution is 2.38. The molecule has 212 valence electrons. The maximum atomic E-state index is 14.0. The molecule has 0 radical (unpaired) electrons. The molecule has 0 saturated carbocycles. The van der Waals surface area contributed by atoms with Crippen molar-refractivity contribution in [2.45, 2.75) is 46.3 Å². The van der Waals surface area contributed by atoms with E-state index in [1.54, 1.807) is 27.7 Å². The molecular weight excluding hydrogens is 553 g/mol. The van der Waals surface area contributed by atoms with Crippen molar-refractivity contribution in [1.29, 1.82) is 0 Å². The highest BCUT2D eigenvalue weighted by atomic mass is 32.2. The van der Waals surface area contributed by atoms with Crippen LogP contribution in [-0.2, 0) is 23.9 Å². The van der Waals surface area contributed by atoms with Gasteiger partial charge in [0, 0.05) is 19.0 Å². The second kappa shape index (κ2) is 11.5. The highest BCUT2D eigenvalue weighted by Gasteiger charge is 2.47. The van der Waals surface area contributed by atoms with Gasteiger partial charge in [-0.05, 0) is 40.7 Å². The van der Waals surface area contributed by atoms with Gasteiger partial charge in [-0.1, -0.05) is 26.8 Å². The number of amidine groups is 1. The Morgan fingerprint density at radius 2 is 2.00 bits per heavy atom. The van der Waals surface area contributed by atoms with Crippen molar-refractivity contribution in [1.82, 2.24) is 4.90 Å². The maximum Gasteiger partial charge on any atom is 0.551 e. The predicted octanol–water partition coefficient (Wildman–Crippen LogP) is 4.04. The molecule has 1 aromatic carbocycles. The van der Waals surface area contributed by atoms with Crippen LogP contribution in [-0.4, -0.2) is 61.8 Å². The lowest BCUT2D eigenvalue weighted by atomic mass is 9.85. The van der Waals surface area contributed by atoms with Gasteiger partial charge in [0.05, 0.1) is 18.0 Å². The summed E-state index contributed by atoms with van der Waals surface area (Å²) in [5.41, 5.74) is 5.88. The second-order valence-electron chi connectivity index (χ2n) is 10.3. The van der Waals surface area contributed by atoms with Crippen LogP contribution in [0.4, 0.5) is 20.2 Å². The van der Waals surface area contributed by atoms with E-state index >= 15 is 0 Å². The van der Waals surface area contributed by atoms with Crippen LogP contribution >= 0.6 is 8.03 Å². The number of halogens is 2. The number of nitrogens with zero attached hydrogens (tertiary/aromatic N) is 2. The lowest BCUT2D eigenvalue weighted by Crippen LogP contribution is -2.45. The molecule has 10 nitrogen and oxygen atoms in total. The first kappa shape index (κ1) is 30.4. The van der Waals surface area contributed by atoms with Gasteiger partial charge in [0.25, 0.3) is 11.2 Å². The molecule has 0 spiro atoms. The van der Waals surface area contributed by atoms with E-state index < -0.39 is 47.4 Å². The normalized spacial score (nSPS) is 21.2. The van der Waals surface area contributed by atoms with Gasteiger partial charge in [0.2, 0.25) is 10.0 Å². The number of hydrogen-bond acceptors (Lipinski definition) is 7. The minimum Gasteiger partial charge on any atom is -0.509 e. The van der Waals surface area contributed by atoms with Crippen LogP contribution in [0.25, 0.3) is 0 Å². The summed E-state index contributed by atoms with van der Waals surface area (Å²) in [5, 5.41) is 11.2. The van der Waals surface area contributed by atoms with Crippen LogP contribution < -0.4 is 15.8 Å². The van der Waals surface area contributed by atoms with E-state index in [4.69, 9.17) is 10.3 Å². The second-order valence-corrected chi connectivity index (χ2v) is 13.3. The molecule has 1 heterocycles. The summed E-state index contributed by atoms with van der Waals surface area (Å²) in [7, 11) is -6.11. The molecule has 3 atom stereocenters. The fourth-order valence-electron chi connectivity index (χ4n) is 4.38. The van der Waals surface area contributed by atoms with Crippen molar-refractivity contribution < 1.29 is 36.2 Å². The van der Waals surface area contributed by atoms with Crippen molar-refractivity contribution in [2.75, 3.05) is 24.1 Å². The van der Waals surface area contributed by atoms with E-state index in [9.17, 15) is 31.7 Å². The third-order valence-electron chi connectivity index (χ3n) is 5.93. The van der Waals surface area contributed by atoms with Crippen LogP contribution in [0.1, 0.15) is 34.1 Å². The lowest BCUT2D eigenvalue weighted by Gasteiger charge is -2.36. The van der Waals surface area contributed by atoms with E-state index in [2.05, 4.69) is 9.71 Å². The van der Waals surface area contributed by atoms with Gasteiger partial charge >= 0.3 is 8.03 Å². The number of aliphatic hydroxyl groups is 1. The van der Waals surface area contributed by atoms with Crippen LogP contribution in [0.5, 0.6) is 0 Å². The monoisotopic (exact) mass is 585 g/mol. The number of anilines is 1. The third-order valence-corrected chi connectivity index (χ3v) is 7.78. The molecule has 1 aliphatic carbocycles. The zero-order chi connectivity index (χ0) is 29.3. The van der Waals surface area contributed by atoms with Crippen molar-refractivity contribution in [3.8, 4) is 0 Å². The summed E-state index contributed by atoms with van der Waals surface area (Å²) in [6, 6.07) is 3.17. The number of amides is 1. The van der Waals surface area contributed by atoms with Crippen molar-refractivity contribution >= 4 is 46.5 Å². The van der Waals surface area contributed by atoms with Crippen molar-refractivity contribution in [3.63, 3.8) is 0 Å². The molecule has 1 amide bonds. The molecule has 3 rings (SSSR count). The average molecular weight is 586 g/mol. The van der Waals surface area contributed by atoms with Gasteiger partial charge in [0.15, 0.2) is 6.17 Å². The number of aliphatic imine (C=N–C) groups is 1. The van der Waals surface area contributed by atoms with Gasteiger partial charge in [-0.25, -0.2) is 22.2 Å². The number of nitrogens with one attached hydrogen (secondary N) is 1. The summed E-state index contributed by atoms with van der Waals surface area (Å²) in [6.07, 6.45) is 1.34. The van der Waals surface area contributed by atoms with E-state index in [1.807, 2.05) is 0 Å². The number of carbonyl (C=O) groups excluding carboxylic acids is 1. The fraction of sp³-hybridized carbons (Fsp3) is 0.440. The summed E-state index contributed by atoms with van der Waals surface area (Å²) in [6.45, 7) is 7.06.